The first-order valence-electron chi connectivity index (χ1n) is 13.1. The van der Waals surface area contributed by atoms with Crippen molar-refractivity contribution in [2.75, 3.05) is 0 Å². The molecule has 0 radical (unpaired) electrons. The van der Waals surface area contributed by atoms with Gasteiger partial charge in [0.1, 0.15) is 5.75 Å². The monoisotopic (exact) mass is 504 g/mol. The van der Waals surface area contributed by atoms with Gasteiger partial charge in [-0.2, -0.15) is 0 Å². The Morgan fingerprint density at radius 1 is 0.972 bits per heavy atom. The fourth-order valence-corrected chi connectivity index (χ4v) is 6.23. The van der Waals surface area contributed by atoms with E-state index in [2.05, 4.69) is 48.5 Å². The van der Waals surface area contributed by atoms with E-state index in [1.54, 1.807) is 0 Å². The van der Waals surface area contributed by atoms with Gasteiger partial charge < -0.3 is 5.11 Å². The quantitative estimate of drug-likeness (QED) is 0.429. The maximum atomic E-state index is 13.9. The third-order valence-corrected chi connectivity index (χ3v) is 8.24. The number of hydrogen-bond acceptors (Lipinski definition) is 4. The Morgan fingerprint density at radius 3 is 2.11 bits per heavy atom. The first-order valence-corrected chi connectivity index (χ1v) is 13.9. The summed E-state index contributed by atoms with van der Waals surface area (Å²) in [6, 6.07) is 14.1. The van der Waals surface area contributed by atoms with Crippen molar-refractivity contribution >= 4 is 34.6 Å². The summed E-state index contributed by atoms with van der Waals surface area (Å²) in [6.45, 7) is 14.9. The van der Waals surface area contributed by atoms with E-state index in [0.29, 0.717) is 16.6 Å². The molecule has 5 heteroatoms. The van der Waals surface area contributed by atoms with Gasteiger partial charge in [0.15, 0.2) is 5.17 Å². The number of hydrogen-bond donors (Lipinski definition) is 1. The molecule has 0 aromatic heterocycles. The number of thioether (sulfide) groups is 1. The summed E-state index contributed by atoms with van der Waals surface area (Å²) in [5, 5.41) is 11.9. The number of carbonyl (C=O) groups is 1. The van der Waals surface area contributed by atoms with Gasteiger partial charge in [0, 0.05) is 17.2 Å². The molecule has 192 valence electrons. The number of benzene rings is 2. The molecule has 2 aromatic rings. The summed E-state index contributed by atoms with van der Waals surface area (Å²) >= 11 is 1.47. The minimum Gasteiger partial charge on any atom is -0.507 e. The lowest BCUT2D eigenvalue weighted by molar-refractivity contribution is -0.124. The van der Waals surface area contributed by atoms with E-state index in [1.165, 1.54) is 18.2 Å². The number of phenols is 1. The molecule has 2 fully saturated rings. The lowest BCUT2D eigenvalue weighted by Crippen LogP contribution is -2.44. The third-order valence-electron chi connectivity index (χ3n) is 7.26. The number of aromatic hydroxyl groups is 1. The molecule has 2 aromatic carbocycles. The Balaban J connectivity index is 1.81. The van der Waals surface area contributed by atoms with Gasteiger partial charge in [-0.05, 0) is 77.3 Å². The number of phenolic OH excluding ortho intramolecular Hbond substituents is 1. The van der Waals surface area contributed by atoms with Crippen LogP contribution in [-0.2, 0) is 15.6 Å². The molecule has 0 spiro atoms. The lowest BCUT2D eigenvalue weighted by Gasteiger charge is -2.35. The molecule has 1 amide bonds. The molecule has 36 heavy (non-hydrogen) atoms. The van der Waals surface area contributed by atoms with Crippen LogP contribution in [0.3, 0.4) is 0 Å². The van der Waals surface area contributed by atoms with E-state index in [0.717, 1.165) is 46.8 Å². The minimum atomic E-state index is -0.227. The molecule has 2 aliphatic rings. The van der Waals surface area contributed by atoms with Crippen molar-refractivity contribution in [1.82, 2.24) is 4.90 Å². The highest BCUT2D eigenvalue weighted by Gasteiger charge is 2.41. The Hall–Kier alpha value is -2.53. The van der Waals surface area contributed by atoms with Gasteiger partial charge in [-0.3, -0.25) is 9.69 Å². The number of amidine groups is 1. The second-order valence-corrected chi connectivity index (χ2v) is 13.3. The van der Waals surface area contributed by atoms with Gasteiger partial charge in [0.2, 0.25) is 0 Å². The average molecular weight is 505 g/mol. The Kier molecular flexibility index (Phi) is 7.43. The summed E-state index contributed by atoms with van der Waals surface area (Å²) in [5.74, 6) is 0.833. The van der Waals surface area contributed by atoms with Gasteiger partial charge in [-0.25, -0.2) is 4.99 Å². The Bertz CT molecular complexity index is 1150. The molecule has 2 atom stereocenters. The van der Waals surface area contributed by atoms with Gasteiger partial charge >= 0.3 is 0 Å². The smallest absolute Gasteiger partial charge is 0.267 e. The SMILES string of the molecule is C[C@H]1CCCC[C@H]1N1C(=O)/C(=C/c2cc(C(C)(C)C)c(O)c(C(C)(C)C)c2)SC1=Nc1ccccc1. The van der Waals surface area contributed by atoms with Crippen LogP contribution in [0.4, 0.5) is 5.69 Å². The number of amides is 1. The standard InChI is InChI=1S/C31H40N2O2S/c1-20-13-11-12-16-25(20)33-28(35)26(36-29(33)32-22-14-9-8-10-15-22)19-21-17-23(30(2,3)4)27(34)24(18-21)31(5,6)7/h8-10,14-15,17-20,25,34H,11-13,16H2,1-7H3/b26-19-,32-29?/t20-,25+/m0/s1. The number of aliphatic imine (C=N–C) groups is 1. The molecule has 1 heterocycles. The van der Waals surface area contributed by atoms with E-state index in [9.17, 15) is 9.90 Å². The van der Waals surface area contributed by atoms with E-state index < -0.39 is 0 Å². The Morgan fingerprint density at radius 2 is 1.56 bits per heavy atom. The molecule has 1 aliphatic carbocycles. The van der Waals surface area contributed by atoms with Crippen LogP contribution in [0.1, 0.15) is 90.8 Å². The third kappa shape index (κ3) is 5.56. The highest BCUT2D eigenvalue weighted by atomic mass is 32.2. The molecular weight excluding hydrogens is 464 g/mol. The summed E-state index contributed by atoms with van der Waals surface area (Å²) in [7, 11) is 0. The predicted octanol–water partition coefficient (Wildman–Crippen LogP) is 8.17. The first kappa shape index (κ1) is 26.5. The first-order chi connectivity index (χ1) is 16.9. The number of carbonyl (C=O) groups excluding carboxylic acids is 1. The van der Waals surface area contributed by atoms with Crippen molar-refractivity contribution in [2.24, 2.45) is 10.9 Å². The fourth-order valence-electron chi connectivity index (χ4n) is 5.19. The molecule has 0 bridgehead atoms. The zero-order valence-electron chi connectivity index (χ0n) is 22.8. The van der Waals surface area contributed by atoms with Crippen LogP contribution in [0, 0.1) is 5.92 Å². The van der Waals surface area contributed by atoms with Gasteiger partial charge in [-0.15, -0.1) is 0 Å². The average Bonchev–Trinajstić information content (AvgIpc) is 3.08. The topological polar surface area (TPSA) is 52.9 Å². The van der Waals surface area contributed by atoms with Gasteiger partial charge in [0.25, 0.3) is 5.91 Å². The van der Waals surface area contributed by atoms with E-state index in [1.807, 2.05) is 53.4 Å². The normalized spacial score (nSPS) is 23.6. The van der Waals surface area contributed by atoms with Crippen LogP contribution in [-0.4, -0.2) is 27.1 Å². The lowest BCUT2D eigenvalue weighted by atomic mass is 9.78. The van der Waals surface area contributed by atoms with Crippen LogP contribution in [0.25, 0.3) is 6.08 Å². The van der Waals surface area contributed by atoms with Crippen molar-refractivity contribution in [1.29, 1.82) is 0 Å². The second-order valence-electron chi connectivity index (χ2n) is 12.3. The highest BCUT2D eigenvalue weighted by molar-refractivity contribution is 8.18. The van der Waals surface area contributed by atoms with Crippen LogP contribution >= 0.6 is 11.8 Å². The van der Waals surface area contributed by atoms with Gasteiger partial charge in [0.05, 0.1) is 10.6 Å². The number of rotatable bonds is 3. The highest BCUT2D eigenvalue weighted by Crippen LogP contribution is 2.43. The van der Waals surface area contributed by atoms with Crippen LogP contribution < -0.4 is 0 Å². The maximum absolute atomic E-state index is 13.9. The summed E-state index contributed by atoms with van der Waals surface area (Å²) in [6.07, 6.45) is 6.50. The van der Waals surface area contributed by atoms with E-state index in [-0.39, 0.29) is 22.8 Å². The second kappa shape index (κ2) is 10.1. The predicted molar refractivity (Wildman–Crippen MR) is 153 cm³/mol. The summed E-state index contributed by atoms with van der Waals surface area (Å²) in [4.78, 5) is 21.5. The van der Waals surface area contributed by atoms with Crippen molar-refractivity contribution in [3.63, 3.8) is 0 Å². The number of para-hydroxylation sites is 1. The summed E-state index contributed by atoms with van der Waals surface area (Å²) in [5.41, 5.74) is 3.14. The number of nitrogens with zero attached hydrogens (tertiary/aromatic N) is 2. The minimum absolute atomic E-state index is 0.0381. The van der Waals surface area contributed by atoms with Crippen LogP contribution in [0.5, 0.6) is 5.75 Å². The van der Waals surface area contributed by atoms with Crippen LogP contribution in [0.2, 0.25) is 0 Å². The van der Waals surface area contributed by atoms with Crippen molar-refractivity contribution in [3.8, 4) is 5.75 Å². The zero-order valence-corrected chi connectivity index (χ0v) is 23.6. The molecule has 1 saturated heterocycles. The molecule has 4 nitrogen and oxygen atoms in total. The molecule has 1 aliphatic heterocycles. The largest absolute Gasteiger partial charge is 0.507 e. The molecule has 1 saturated carbocycles. The van der Waals surface area contributed by atoms with Crippen molar-refractivity contribution in [2.45, 2.75) is 91.0 Å². The molecule has 1 N–H and O–H groups in total. The zero-order chi connectivity index (χ0) is 26.3. The summed E-state index contributed by atoms with van der Waals surface area (Å²) < 4.78 is 0. The van der Waals surface area contributed by atoms with Gasteiger partial charge in [-0.1, -0.05) is 79.5 Å². The van der Waals surface area contributed by atoms with Crippen molar-refractivity contribution in [3.05, 3.63) is 64.1 Å². The van der Waals surface area contributed by atoms with Crippen LogP contribution in [0.15, 0.2) is 52.4 Å². The molecule has 4 rings (SSSR count). The molecule has 0 unspecified atom stereocenters. The van der Waals surface area contributed by atoms with E-state index in [4.69, 9.17) is 4.99 Å². The molecular formula is C31H40N2O2S. The van der Waals surface area contributed by atoms with Crippen molar-refractivity contribution < 1.29 is 9.90 Å². The Labute approximate surface area is 220 Å². The fraction of sp³-hybridized carbons (Fsp3) is 0.484. The van der Waals surface area contributed by atoms with E-state index >= 15 is 0 Å². The maximum Gasteiger partial charge on any atom is 0.267 e.